The number of para-hydroxylation sites is 2. The quantitative estimate of drug-likeness (QED) is 0.619. The SMILES string of the molecule is C/C=C1\OC(=O)N(c2ccccc2)[C@]12CCc1c(oc(=O)n1-c1ccccc1)[C@H]2C. The van der Waals surface area contributed by atoms with Gasteiger partial charge in [-0.1, -0.05) is 43.3 Å². The highest BCUT2D eigenvalue weighted by Crippen LogP contribution is 2.52. The first-order valence-electron chi connectivity index (χ1n) is 10.1. The van der Waals surface area contributed by atoms with Gasteiger partial charge in [-0.3, -0.25) is 4.90 Å². The number of nitrogens with zero attached hydrogens (tertiary/aromatic N) is 2. The molecule has 1 aliphatic carbocycles. The summed E-state index contributed by atoms with van der Waals surface area (Å²) in [5, 5.41) is 0. The van der Waals surface area contributed by atoms with Crippen LogP contribution in [0.1, 0.15) is 37.6 Å². The van der Waals surface area contributed by atoms with Gasteiger partial charge < -0.3 is 9.15 Å². The van der Waals surface area contributed by atoms with E-state index in [2.05, 4.69) is 0 Å². The van der Waals surface area contributed by atoms with Gasteiger partial charge in [-0.05, 0) is 50.1 Å². The van der Waals surface area contributed by atoms with E-state index in [1.807, 2.05) is 80.6 Å². The van der Waals surface area contributed by atoms with Crippen LogP contribution in [0.15, 0.2) is 81.7 Å². The van der Waals surface area contributed by atoms with E-state index >= 15 is 0 Å². The summed E-state index contributed by atoms with van der Waals surface area (Å²) in [7, 11) is 0. The van der Waals surface area contributed by atoms with Gasteiger partial charge in [0, 0.05) is 11.6 Å². The highest BCUT2D eigenvalue weighted by atomic mass is 16.6. The van der Waals surface area contributed by atoms with E-state index in [1.54, 1.807) is 9.47 Å². The minimum atomic E-state index is -0.737. The van der Waals surface area contributed by atoms with Gasteiger partial charge in [-0.15, -0.1) is 0 Å². The summed E-state index contributed by atoms with van der Waals surface area (Å²) in [4.78, 5) is 27.4. The summed E-state index contributed by atoms with van der Waals surface area (Å²) in [5.41, 5.74) is 1.66. The lowest BCUT2D eigenvalue weighted by Crippen LogP contribution is -2.52. The Morgan fingerprint density at radius 2 is 1.63 bits per heavy atom. The van der Waals surface area contributed by atoms with Gasteiger partial charge in [0.05, 0.1) is 11.4 Å². The summed E-state index contributed by atoms with van der Waals surface area (Å²) in [6.07, 6.45) is 2.63. The van der Waals surface area contributed by atoms with Crippen molar-refractivity contribution in [1.29, 1.82) is 0 Å². The number of aromatic nitrogens is 1. The van der Waals surface area contributed by atoms with Crippen LogP contribution in [0.5, 0.6) is 0 Å². The number of anilines is 1. The Kier molecular flexibility index (Phi) is 4.17. The van der Waals surface area contributed by atoms with Crippen LogP contribution >= 0.6 is 0 Å². The van der Waals surface area contributed by atoms with Crippen LogP contribution in [0, 0.1) is 0 Å². The largest absolute Gasteiger partial charge is 0.424 e. The van der Waals surface area contributed by atoms with Crippen LogP contribution in [0.3, 0.4) is 0 Å². The van der Waals surface area contributed by atoms with Crippen molar-refractivity contribution in [3.8, 4) is 5.69 Å². The second-order valence-corrected chi connectivity index (χ2v) is 7.69. The third-order valence-electron chi connectivity index (χ3n) is 6.28. The van der Waals surface area contributed by atoms with Gasteiger partial charge >= 0.3 is 11.8 Å². The van der Waals surface area contributed by atoms with Gasteiger partial charge in [-0.25, -0.2) is 14.2 Å². The molecule has 1 amide bonds. The molecule has 5 rings (SSSR count). The Labute approximate surface area is 174 Å². The average Bonchev–Trinajstić information content (AvgIpc) is 3.26. The number of benzene rings is 2. The molecule has 0 N–H and O–H groups in total. The molecular formula is C24H22N2O4. The van der Waals surface area contributed by atoms with E-state index in [0.717, 1.165) is 17.1 Å². The number of carbonyl (C=O) groups excluding carboxylic acids is 1. The number of hydrogen-bond acceptors (Lipinski definition) is 4. The molecular weight excluding hydrogens is 380 g/mol. The molecule has 3 aromatic rings. The van der Waals surface area contributed by atoms with Crippen LogP contribution in [0.2, 0.25) is 0 Å². The molecule has 152 valence electrons. The predicted molar refractivity (Wildman–Crippen MR) is 113 cm³/mol. The van der Waals surface area contributed by atoms with Gasteiger partial charge in [0.2, 0.25) is 0 Å². The minimum absolute atomic E-state index is 0.267. The summed E-state index contributed by atoms with van der Waals surface area (Å²) in [5.74, 6) is 0.531. The molecule has 1 fully saturated rings. The molecule has 1 spiro atoms. The van der Waals surface area contributed by atoms with E-state index in [9.17, 15) is 9.59 Å². The van der Waals surface area contributed by atoms with Crippen molar-refractivity contribution in [2.75, 3.05) is 4.90 Å². The molecule has 1 saturated heterocycles. The van der Waals surface area contributed by atoms with Crippen molar-refractivity contribution in [1.82, 2.24) is 4.57 Å². The topological polar surface area (TPSA) is 64.7 Å². The fourth-order valence-electron chi connectivity index (χ4n) is 4.94. The summed E-state index contributed by atoms with van der Waals surface area (Å²) in [6, 6.07) is 19.0. The van der Waals surface area contributed by atoms with E-state index in [1.165, 1.54) is 0 Å². The molecule has 1 aliphatic heterocycles. The number of oxazole rings is 1. The molecule has 0 unspecified atom stereocenters. The van der Waals surface area contributed by atoms with Crippen molar-refractivity contribution in [2.45, 2.75) is 38.1 Å². The smallest absolute Gasteiger partial charge is 0.412 e. The molecule has 30 heavy (non-hydrogen) atoms. The molecule has 0 saturated carbocycles. The van der Waals surface area contributed by atoms with E-state index in [0.29, 0.717) is 24.4 Å². The fourth-order valence-corrected chi connectivity index (χ4v) is 4.94. The van der Waals surface area contributed by atoms with Gasteiger partial charge in [0.15, 0.2) is 0 Å². The van der Waals surface area contributed by atoms with Gasteiger partial charge in [0.25, 0.3) is 0 Å². The number of allylic oxidation sites excluding steroid dienone is 1. The summed E-state index contributed by atoms with van der Waals surface area (Å²) >= 11 is 0. The molecule has 2 aromatic carbocycles. The second-order valence-electron chi connectivity index (χ2n) is 7.69. The fraction of sp³-hybridized carbons (Fsp3) is 0.250. The van der Waals surface area contributed by atoms with Crippen molar-refractivity contribution in [3.63, 3.8) is 0 Å². The Morgan fingerprint density at radius 1 is 1.00 bits per heavy atom. The van der Waals surface area contributed by atoms with Crippen LogP contribution in [0.25, 0.3) is 5.69 Å². The molecule has 0 radical (unpaired) electrons. The average molecular weight is 402 g/mol. The lowest BCUT2D eigenvalue weighted by molar-refractivity contribution is 0.196. The van der Waals surface area contributed by atoms with Gasteiger partial charge in [-0.2, -0.15) is 0 Å². The number of amides is 1. The van der Waals surface area contributed by atoms with Crippen LogP contribution in [-0.2, 0) is 11.2 Å². The number of hydrogen-bond donors (Lipinski definition) is 0. The van der Waals surface area contributed by atoms with Crippen molar-refractivity contribution >= 4 is 11.8 Å². The highest BCUT2D eigenvalue weighted by Gasteiger charge is 2.59. The van der Waals surface area contributed by atoms with Crippen LogP contribution in [-0.4, -0.2) is 16.2 Å². The van der Waals surface area contributed by atoms with Crippen LogP contribution < -0.4 is 10.7 Å². The summed E-state index contributed by atoms with van der Waals surface area (Å²) in [6.45, 7) is 3.87. The Balaban J connectivity index is 1.69. The third kappa shape index (κ3) is 2.43. The second kappa shape index (κ2) is 6.76. The molecule has 2 aliphatic rings. The van der Waals surface area contributed by atoms with E-state index in [-0.39, 0.29) is 5.92 Å². The van der Waals surface area contributed by atoms with E-state index < -0.39 is 17.4 Å². The molecule has 2 heterocycles. The number of carbonyl (C=O) groups is 1. The number of fused-ring (bicyclic) bond motifs is 1. The molecule has 6 nitrogen and oxygen atoms in total. The lowest BCUT2D eigenvalue weighted by atomic mass is 9.72. The highest BCUT2D eigenvalue weighted by molar-refractivity contribution is 5.94. The minimum Gasteiger partial charge on any atom is -0.412 e. The first-order chi connectivity index (χ1) is 14.6. The Bertz CT molecular complexity index is 1190. The first-order valence-corrected chi connectivity index (χ1v) is 10.1. The maximum atomic E-state index is 12.9. The maximum absolute atomic E-state index is 12.9. The zero-order valence-corrected chi connectivity index (χ0v) is 16.9. The lowest BCUT2D eigenvalue weighted by Gasteiger charge is -2.42. The molecule has 0 bridgehead atoms. The molecule has 1 aromatic heterocycles. The van der Waals surface area contributed by atoms with E-state index in [4.69, 9.17) is 9.15 Å². The Morgan fingerprint density at radius 3 is 2.27 bits per heavy atom. The monoisotopic (exact) mass is 402 g/mol. The zero-order chi connectivity index (χ0) is 20.9. The summed E-state index contributed by atoms with van der Waals surface area (Å²) < 4.78 is 13.1. The van der Waals surface area contributed by atoms with Gasteiger partial charge in [0.1, 0.15) is 17.1 Å². The maximum Gasteiger partial charge on any atom is 0.424 e. The Hall–Kier alpha value is -3.54. The van der Waals surface area contributed by atoms with Crippen molar-refractivity contribution < 1.29 is 13.9 Å². The third-order valence-corrected chi connectivity index (χ3v) is 6.28. The number of ether oxygens (including phenoxy) is 1. The molecule has 6 heteroatoms. The zero-order valence-electron chi connectivity index (χ0n) is 16.9. The predicted octanol–water partition coefficient (Wildman–Crippen LogP) is 4.78. The first kappa shape index (κ1) is 18.5. The number of rotatable bonds is 2. The van der Waals surface area contributed by atoms with Crippen molar-refractivity contribution in [2.24, 2.45) is 0 Å². The van der Waals surface area contributed by atoms with Crippen LogP contribution in [0.4, 0.5) is 10.5 Å². The van der Waals surface area contributed by atoms with Crippen molar-refractivity contribution in [3.05, 3.63) is 94.5 Å². The standard InChI is InChI=1S/C24H22N2O4/c1-3-20-24(26(23(28)29-20)18-12-8-5-9-13-18)15-14-19-21(16(24)2)30-22(27)25(19)17-10-6-4-7-11-17/h3-13,16H,14-15H2,1-2H3/b20-3-/t16-,24+/m1/s1. The number of cyclic esters (lactones) is 1. The molecule has 2 atom stereocenters. The normalized spacial score (nSPS) is 24.3.